The highest BCUT2D eigenvalue weighted by atomic mass is 28.6. The third kappa shape index (κ3) is 54.7. The zero-order valence-corrected chi connectivity index (χ0v) is 97.6. The Labute approximate surface area is 693 Å². The molecule has 0 saturated heterocycles. The van der Waals surface area contributed by atoms with Crippen molar-refractivity contribution in [3.63, 3.8) is 0 Å². The quantitative estimate of drug-likeness (QED) is 0.0188. The Morgan fingerprint density at radius 3 is 0.486 bits per heavy atom. The van der Waals surface area contributed by atoms with Crippen LogP contribution in [0.2, 0.25) is 287 Å². The lowest BCUT2D eigenvalue weighted by molar-refractivity contribution is -0.138. The molecule has 51 heteroatoms. The van der Waals surface area contributed by atoms with Crippen LogP contribution in [0.25, 0.3) is 0 Å². The zero-order valence-electron chi connectivity index (χ0n) is 76.6. The van der Waals surface area contributed by atoms with E-state index in [-0.39, 0.29) is 39.5 Å². The smallest absolute Gasteiger partial charge is 0.407 e. The van der Waals surface area contributed by atoms with Crippen LogP contribution in [-0.4, -0.2) is 243 Å². The fourth-order valence-electron chi connectivity index (χ4n) is 14.6. The summed E-state index contributed by atoms with van der Waals surface area (Å²) in [6.45, 7) is 93.3. The standard InChI is InChI=1S/C60H154N2O28Si21/c1-45-57(63)67-53-49-61-59(65)69-51-47-55-91(3,4)71-93(7,8)73-95(11,12)75-97(15,16)77-99(19,20)79-101(23,24)81-103(27,28)83-105(31,32)85-107(35,36)87-109(39,40)89-111(43,44)90-110(41,42)88-108(37,38)86-106(33,34)84-104(29,30)82-102(25,26)80-100(21,22)78-98(17,18)76-96(13,14)74-94(9,10)72-92(5,6)56-48-52-70-60(66)62-50-54-68-58(64)46-2/h45-46H,1-2,47-56H2,3-44H3,(H,61,65)(H,62,66). The van der Waals surface area contributed by atoms with Crippen molar-refractivity contribution in [2.75, 3.05) is 39.5 Å². The third-order valence-corrected chi connectivity index (χ3v) is 96.0. The molecule has 0 aliphatic rings. The first-order valence-electron chi connectivity index (χ1n) is 38.3. The highest BCUT2D eigenvalue weighted by molar-refractivity contribution is 6.96. The predicted molar refractivity (Wildman–Crippen MR) is 489 cm³/mol. The molecule has 0 heterocycles. The number of esters is 2. The fourth-order valence-corrected chi connectivity index (χ4v) is 124. The van der Waals surface area contributed by atoms with Crippen molar-refractivity contribution in [1.82, 2.24) is 10.6 Å². The van der Waals surface area contributed by atoms with E-state index in [1.54, 1.807) is 0 Å². The van der Waals surface area contributed by atoms with E-state index >= 15 is 0 Å². The second-order valence-corrected chi connectivity index (χ2v) is 115. The van der Waals surface area contributed by atoms with Crippen molar-refractivity contribution in [3.05, 3.63) is 25.3 Å². The van der Waals surface area contributed by atoms with Crippen LogP contribution < -0.4 is 10.6 Å². The van der Waals surface area contributed by atoms with E-state index in [0.29, 0.717) is 12.8 Å². The summed E-state index contributed by atoms with van der Waals surface area (Å²) in [6, 6.07) is 1.50. The van der Waals surface area contributed by atoms with Crippen molar-refractivity contribution in [2.24, 2.45) is 0 Å². The molecule has 0 aliphatic heterocycles. The Morgan fingerprint density at radius 1 is 0.216 bits per heavy atom. The van der Waals surface area contributed by atoms with E-state index in [1.165, 1.54) is 0 Å². The molecular formula is C60H154N2O28Si21. The van der Waals surface area contributed by atoms with Gasteiger partial charge in [-0.15, -0.1) is 0 Å². The van der Waals surface area contributed by atoms with Gasteiger partial charge in [-0.1, -0.05) is 13.2 Å². The number of amides is 2. The number of hydrogen-bond donors (Lipinski definition) is 2. The lowest BCUT2D eigenvalue weighted by atomic mass is 10.5. The van der Waals surface area contributed by atoms with Gasteiger partial charge in [-0.3, -0.25) is 0 Å². The van der Waals surface area contributed by atoms with Gasteiger partial charge in [0.2, 0.25) is 0 Å². The lowest BCUT2D eigenvalue weighted by Crippen LogP contribution is -2.63. The lowest BCUT2D eigenvalue weighted by Gasteiger charge is -2.45. The molecule has 0 fully saturated rings. The molecular weight excluding hydrogens is 1790 g/mol. The van der Waals surface area contributed by atoms with Crippen molar-refractivity contribution in [1.29, 1.82) is 0 Å². The number of ether oxygens (including phenoxy) is 4. The van der Waals surface area contributed by atoms with E-state index < -0.39 is 203 Å². The number of carbonyl (C=O) groups excluding carboxylic acids is 4. The number of hydrogen-bond acceptors (Lipinski definition) is 28. The molecule has 0 unspecified atom stereocenters. The van der Waals surface area contributed by atoms with Gasteiger partial charge in [0.15, 0.2) is 16.6 Å². The summed E-state index contributed by atoms with van der Waals surface area (Å²) < 4.78 is 159. The maximum Gasteiger partial charge on any atom is 0.407 e. The van der Waals surface area contributed by atoms with Gasteiger partial charge in [0.05, 0.1) is 26.3 Å². The second-order valence-electron chi connectivity index (χ2n) is 37.2. The highest BCUT2D eigenvalue weighted by Gasteiger charge is 2.55. The van der Waals surface area contributed by atoms with Crippen LogP contribution in [0, 0.1) is 0 Å². The second kappa shape index (κ2) is 42.7. The molecule has 111 heavy (non-hydrogen) atoms. The van der Waals surface area contributed by atoms with Crippen LogP contribution in [-0.2, 0) is 111 Å². The van der Waals surface area contributed by atoms with E-state index in [9.17, 15) is 19.2 Å². The van der Waals surface area contributed by atoms with Gasteiger partial charge in [0.25, 0.3) is 0 Å². The largest absolute Gasteiger partial charge is 0.461 e. The number of rotatable bonds is 56. The van der Waals surface area contributed by atoms with Crippen LogP contribution in [0.3, 0.4) is 0 Å². The minimum absolute atomic E-state index is 0.0256. The molecule has 0 rings (SSSR count). The molecule has 656 valence electrons. The van der Waals surface area contributed by atoms with Crippen LogP contribution >= 0.6 is 0 Å². The van der Waals surface area contributed by atoms with Gasteiger partial charge in [0.1, 0.15) is 13.2 Å². The van der Waals surface area contributed by atoms with Crippen molar-refractivity contribution in [2.45, 2.75) is 300 Å². The molecule has 2 N–H and O–H groups in total. The van der Waals surface area contributed by atoms with Crippen LogP contribution in [0.5, 0.6) is 0 Å². The van der Waals surface area contributed by atoms with Crippen molar-refractivity contribution >= 4 is 203 Å². The SMILES string of the molecule is C=CC(=O)OCCNC(=O)OCCC[Si](C)(C)O[Si](C)(C)O[Si](C)(C)O[Si](C)(C)O[Si](C)(C)O[Si](C)(C)O[Si](C)(C)O[Si](C)(C)O[Si](C)(C)O[Si](C)(C)O[Si](C)(C)O[Si](C)(C)O[Si](C)(C)O[Si](C)(C)O[Si](C)(C)O[Si](C)(C)O[Si](C)(C)O[Si](C)(C)O[Si](C)(C)O[Si](C)(C)O[Si](C)(C)CCCOC(=O)NCCOC(=O)C=C. The summed E-state index contributed by atoms with van der Waals surface area (Å²) in [6.07, 6.45) is 2.22. The van der Waals surface area contributed by atoms with E-state index in [1.807, 2.05) is 249 Å². The molecule has 0 aromatic heterocycles. The summed E-state index contributed by atoms with van der Waals surface area (Å²) >= 11 is 0. The molecule has 0 radical (unpaired) electrons. The Morgan fingerprint density at radius 2 is 0.351 bits per heavy atom. The molecule has 0 atom stereocenters. The van der Waals surface area contributed by atoms with Gasteiger partial charge < -0.3 is 112 Å². The summed E-state index contributed by atoms with van der Waals surface area (Å²) in [7, 11) is -59.3. The summed E-state index contributed by atoms with van der Waals surface area (Å²) in [5, 5.41) is 5.14. The Kier molecular flexibility index (Phi) is 43.0. The molecule has 30 nitrogen and oxygen atoms in total. The molecule has 0 aromatic rings. The van der Waals surface area contributed by atoms with Crippen LogP contribution in [0.15, 0.2) is 25.3 Å². The highest BCUT2D eigenvalue weighted by Crippen LogP contribution is 2.36. The van der Waals surface area contributed by atoms with Gasteiger partial charge >= 0.3 is 187 Å². The average Bonchev–Trinajstić information content (AvgIpc) is 0.795. The number of carbonyl (C=O) groups is 4. The third-order valence-electron chi connectivity index (χ3n) is 13.8. The van der Waals surface area contributed by atoms with E-state index in [0.717, 1.165) is 24.2 Å². The summed E-state index contributed by atoms with van der Waals surface area (Å²) in [5.41, 5.74) is 0. The molecule has 0 bridgehead atoms. The summed E-state index contributed by atoms with van der Waals surface area (Å²) in [5.74, 6) is -1.11. The molecule has 0 aliphatic carbocycles. The van der Waals surface area contributed by atoms with Crippen molar-refractivity contribution in [3.8, 4) is 0 Å². The normalized spacial score (nSPS) is 14.8. The first kappa shape index (κ1) is 112. The predicted octanol–water partition coefficient (Wildman–Crippen LogP) is 16.8. The van der Waals surface area contributed by atoms with E-state index in [2.05, 4.69) is 50.0 Å². The van der Waals surface area contributed by atoms with Crippen LogP contribution in [0.4, 0.5) is 9.59 Å². The first-order chi connectivity index (χ1) is 48.8. The van der Waals surface area contributed by atoms with Gasteiger partial charge in [-0.25, -0.2) is 19.2 Å². The Hall–Kier alpha value is 0.715. The topological polar surface area (TPSA) is 314 Å². The van der Waals surface area contributed by atoms with E-state index in [4.69, 9.17) is 101 Å². The number of nitrogens with one attached hydrogen (secondary N) is 2. The minimum Gasteiger partial charge on any atom is -0.461 e. The molecule has 0 aromatic carbocycles. The van der Waals surface area contributed by atoms with Gasteiger partial charge in [0, 0.05) is 12.2 Å². The monoisotopic (exact) mass is 1940 g/mol. The fraction of sp³-hybridized carbons (Fsp3) is 0.867. The summed E-state index contributed by atoms with van der Waals surface area (Å²) in [4.78, 5) is 46.7. The van der Waals surface area contributed by atoms with Gasteiger partial charge in [-0.2, -0.15) is 0 Å². The Bertz CT molecular complexity index is 2790. The van der Waals surface area contributed by atoms with Gasteiger partial charge in [-0.05, 0) is 300 Å². The average molecular weight is 1940 g/mol. The van der Waals surface area contributed by atoms with Crippen LogP contribution in [0.1, 0.15) is 12.8 Å². The van der Waals surface area contributed by atoms with Crippen molar-refractivity contribution < 1.29 is 120 Å². The molecule has 0 spiro atoms. The minimum atomic E-state index is -2.94. The maximum absolute atomic E-state index is 12.1. The first-order valence-corrected chi connectivity index (χ1v) is 98.0. The molecule has 0 saturated carbocycles. The number of alkyl carbamates (subject to hydrolysis) is 2. The maximum atomic E-state index is 12.1. The molecule has 2 amide bonds. The zero-order chi connectivity index (χ0) is 87.7. The Balaban J connectivity index is 5.72.